The standard InChI is InChI=1S/C17H25N5O3/c1-13-11-14(2)22(21-13)8-4-7-18-17(23)20-15-5-6-16(19-12-15)25-10-9-24-3/h5-6,11-12H,4,7-10H2,1-3H3,(H2,18,20,23). The van der Waals surface area contributed by atoms with Crippen LogP contribution in [-0.2, 0) is 11.3 Å². The van der Waals surface area contributed by atoms with Crippen molar-refractivity contribution >= 4 is 11.7 Å². The van der Waals surface area contributed by atoms with E-state index in [9.17, 15) is 4.79 Å². The highest BCUT2D eigenvalue weighted by molar-refractivity contribution is 5.88. The Hall–Kier alpha value is -2.61. The van der Waals surface area contributed by atoms with Crippen LogP contribution in [0.4, 0.5) is 10.5 Å². The van der Waals surface area contributed by atoms with Gasteiger partial charge in [0.25, 0.3) is 0 Å². The number of carbonyl (C=O) groups excluding carboxylic acids is 1. The van der Waals surface area contributed by atoms with Crippen molar-refractivity contribution in [2.75, 3.05) is 32.2 Å². The molecule has 0 saturated heterocycles. The highest BCUT2D eigenvalue weighted by Gasteiger charge is 2.04. The van der Waals surface area contributed by atoms with Crippen molar-refractivity contribution in [2.24, 2.45) is 0 Å². The molecule has 0 aromatic carbocycles. The molecule has 2 rings (SSSR count). The van der Waals surface area contributed by atoms with Gasteiger partial charge in [0.15, 0.2) is 0 Å². The summed E-state index contributed by atoms with van der Waals surface area (Å²) >= 11 is 0. The fraction of sp³-hybridized carbons (Fsp3) is 0.471. The average Bonchev–Trinajstić information content (AvgIpc) is 2.91. The van der Waals surface area contributed by atoms with E-state index in [2.05, 4.69) is 20.7 Å². The van der Waals surface area contributed by atoms with Crippen LogP contribution in [0, 0.1) is 13.8 Å². The molecule has 8 heteroatoms. The number of ether oxygens (including phenoxy) is 2. The Morgan fingerprint density at radius 2 is 2.12 bits per heavy atom. The third-order valence-corrected chi connectivity index (χ3v) is 3.47. The average molecular weight is 347 g/mol. The zero-order valence-electron chi connectivity index (χ0n) is 14.9. The van der Waals surface area contributed by atoms with E-state index in [-0.39, 0.29) is 6.03 Å². The number of nitrogens with zero attached hydrogens (tertiary/aromatic N) is 3. The van der Waals surface area contributed by atoms with Gasteiger partial charge in [-0.1, -0.05) is 0 Å². The topological polar surface area (TPSA) is 90.3 Å². The monoisotopic (exact) mass is 347 g/mol. The summed E-state index contributed by atoms with van der Waals surface area (Å²) < 4.78 is 12.2. The van der Waals surface area contributed by atoms with Gasteiger partial charge in [-0.2, -0.15) is 5.10 Å². The van der Waals surface area contributed by atoms with Gasteiger partial charge in [0.05, 0.1) is 24.2 Å². The number of hydrogen-bond acceptors (Lipinski definition) is 5. The van der Waals surface area contributed by atoms with Crippen molar-refractivity contribution in [3.8, 4) is 5.88 Å². The van der Waals surface area contributed by atoms with Crippen molar-refractivity contribution in [1.82, 2.24) is 20.1 Å². The zero-order chi connectivity index (χ0) is 18.1. The van der Waals surface area contributed by atoms with Gasteiger partial charge >= 0.3 is 6.03 Å². The van der Waals surface area contributed by atoms with E-state index in [1.165, 1.54) is 0 Å². The van der Waals surface area contributed by atoms with Gasteiger partial charge < -0.3 is 20.1 Å². The van der Waals surface area contributed by atoms with E-state index in [1.807, 2.05) is 24.6 Å². The number of methoxy groups -OCH3 is 1. The third kappa shape index (κ3) is 6.42. The van der Waals surface area contributed by atoms with E-state index in [0.717, 1.165) is 24.4 Å². The SMILES string of the molecule is COCCOc1ccc(NC(=O)NCCCn2nc(C)cc2C)cn1. The van der Waals surface area contributed by atoms with E-state index >= 15 is 0 Å². The number of urea groups is 1. The van der Waals surface area contributed by atoms with Crippen molar-refractivity contribution in [2.45, 2.75) is 26.8 Å². The normalized spacial score (nSPS) is 10.5. The molecule has 2 aromatic rings. The largest absolute Gasteiger partial charge is 0.475 e. The van der Waals surface area contributed by atoms with Crippen LogP contribution in [0.1, 0.15) is 17.8 Å². The molecule has 0 saturated carbocycles. The lowest BCUT2D eigenvalue weighted by atomic mass is 10.4. The number of aryl methyl sites for hydroxylation is 3. The first kappa shape index (κ1) is 18.7. The molecule has 2 aromatic heterocycles. The molecular formula is C17H25N5O3. The van der Waals surface area contributed by atoms with Gasteiger partial charge in [-0.25, -0.2) is 9.78 Å². The molecular weight excluding hydrogens is 322 g/mol. The number of rotatable bonds is 9. The lowest BCUT2D eigenvalue weighted by molar-refractivity contribution is 0.144. The Labute approximate surface area is 147 Å². The quantitative estimate of drug-likeness (QED) is 0.678. The Morgan fingerprint density at radius 1 is 1.28 bits per heavy atom. The first-order valence-electron chi connectivity index (χ1n) is 8.22. The minimum absolute atomic E-state index is 0.261. The number of pyridine rings is 1. The molecule has 8 nitrogen and oxygen atoms in total. The maximum atomic E-state index is 11.9. The van der Waals surface area contributed by atoms with Crippen molar-refractivity contribution < 1.29 is 14.3 Å². The smallest absolute Gasteiger partial charge is 0.319 e. The summed E-state index contributed by atoms with van der Waals surface area (Å²) in [5.74, 6) is 0.493. The third-order valence-electron chi connectivity index (χ3n) is 3.47. The predicted molar refractivity (Wildman–Crippen MR) is 94.9 cm³/mol. The molecule has 2 heterocycles. The number of hydrogen-bond donors (Lipinski definition) is 2. The first-order chi connectivity index (χ1) is 12.1. The summed E-state index contributed by atoms with van der Waals surface area (Å²) in [6.07, 6.45) is 2.36. The number of nitrogens with one attached hydrogen (secondary N) is 2. The van der Waals surface area contributed by atoms with Crippen LogP contribution in [0.2, 0.25) is 0 Å². The van der Waals surface area contributed by atoms with Crippen LogP contribution in [0.5, 0.6) is 5.88 Å². The number of aromatic nitrogens is 3. The van der Waals surface area contributed by atoms with Crippen LogP contribution < -0.4 is 15.4 Å². The number of amides is 2. The second kappa shape index (κ2) is 9.63. The van der Waals surface area contributed by atoms with Gasteiger partial charge in [-0.05, 0) is 32.4 Å². The Morgan fingerprint density at radius 3 is 2.76 bits per heavy atom. The summed E-state index contributed by atoms with van der Waals surface area (Å²) in [7, 11) is 1.61. The summed E-state index contributed by atoms with van der Waals surface area (Å²) in [4.78, 5) is 16.0. The van der Waals surface area contributed by atoms with Gasteiger partial charge in [-0.3, -0.25) is 4.68 Å². The van der Waals surface area contributed by atoms with Crippen LogP contribution in [0.15, 0.2) is 24.4 Å². The van der Waals surface area contributed by atoms with Gasteiger partial charge in [-0.15, -0.1) is 0 Å². The number of anilines is 1. The summed E-state index contributed by atoms with van der Waals surface area (Å²) in [5, 5.41) is 9.94. The Bertz CT molecular complexity index is 669. The molecule has 2 amide bonds. The summed E-state index contributed by atoms with van der Waals surface area (Å²) in [6, 6.07) is 5.22. The molecule has 136 valence electrons. The van der Waals surface area contributed by atoms with E-state index in [1.54, 1.807) is 25.4 Å². The molecule has 0 aliphatic carbocycles. The minimum atomic E-state index is -0.261. The Balaban J connectivity index is 1.66. The highest BCUT2D eigenvalue weighted by Crippen LogP contribution is 2.11. The lowest BCUT2D eigenvalue weighted by Gasteiger charge is -2.09. The molecule has 0 unspecified atom stereocenters. The van der Waals surface area contributed by atoms with Crippen molar-refractivity contribution in [3.05, 3.63) is 35.8 Å². The van der Waals surface area contributed by atoms with Crippen LogP contribution in [0.25, 0.3) is 0 Å². The summed E-state index contributed by atoms with van der Waals surface area (Å²) in [5.41, 5.74) is 2.74. The molecule has 0 aliphatic heterocycles. The maximum Gasteiger partial charge on any atom is 0.319 e. The fourth-order valence-corrected chi connectivity index (χ4v) is 2.28. The maximum absolute atomic E-state index is 11.9. The van der Waals surface area contributed by atoms with Gasteiger partial charge in [0.1, 0.15) is 6.61 Å². The molecule has 25 heavy (non-hydrogen) atoms. The minimum Gasteiger partial charge on any atom is -0.475 e. The first-order valence-corrected chi connectivity index (χ1v) is 8.22. The second-order valence-corrected chi connectivity index (χ2v) is 5.61. The van der Waals surface area contributed by atoms with Crippen LogP contribution in [-0.4, -0.2) is 47.7 Å². The molecule has 0 aliphatic rings. The predicted octanol–water partition coefficient (Wildman–Crippen LogP) is 2.13. The van der Waals surface area contributed by atoms with Gasteiger partial charge in [0.2, 0.25) is 5.88 Å². The zero-order valence-corrected chi connectivity index (χ0v) is 14.9. The molecule has 0 spiro atoms. The van der Waals surface area contributed by atoms with E-state index in [0.29, 0.717) is 31.3 Å². The van der Waals surface area contributed by atoms with E-state index in [4.69, 9.17) is 9.47 Å². The summed E-state index contributed by atoms with van der Waals surface area (Å²) in [6.45, 7) is 6.27. The molecule has 2 N–H and O–H groups in total. The second-order valence-electron chi connectivity index (χ2n) is 5.61. The highest BCUT2D eigenvalue weighted by atomic mass is 16.5. The Kier molecular flexibility index (Phi) is 7.21. The fourth-order valence-electron chi connectivity index (χ4n) is 2.28. The van der Waals surface area contributed by atoms with Gasteiger partial charge in [0, 0.05) is 32.0 Å². The number of carbonyl (C=O) groups is 1. The van der Waals surface area contributed by atoms with Crippen LogP contribution >= 0.6 is 0 Å². The molecule has 0 atom stereocenters. The lowest BCUT2D eigenvalue weighted by Crippen LogP contribution is -2.30. The molecule has 0 bridgehead atoms. The van der Waals surface area contributed by atoms with Crippen molar-refractivity contribution in [1.29, 1.82) is 0 Å². The van der Waals surface area contributed by atoms with E-state index < -0.39 is 0 Å². The molecule has 0 radical (unpaired) electrons. The van der Waals surface area contributed by atoms with Crippen LogP contribution in [0.3, 0.4) is 0 Å². The van der Waals surface area contributed by atoms with Crippen molar-refractivity contribution in [3.63, 3.8) is 0 Å². The molecule has 0 fully saturated rings.